The van der Waals surface area contributed by atoms with Crippen LogP contribution in [0.1, 0.15) is 19.4 Å². The maximum absolute atomic E-state index is 15.9. The van der Waals surface area contributed by atoms with Gasteiger partial charge in [-0.15, -0.1) is 5.10 Å². The third-order valence-electron chi connectivity index (χ3n) is 6.59. The molecule has 5 heterocycles. The first-order valence-electron chi connectivity index (χ1n) is 10.4. The van der Waals surface area contributed by atoms with Crippen molar-refractivity contribution in [3.8, 4) is 5.82 Å². The van der Waals surface area contributed by atoms with Gasteiger partial charge in [0.05, 0.1) is 41.7 Å². The van der Waals surface area contributed by atoms with Crippen LogP contribution in [0, 0.1) is 11.2 Å². The molecule has 0 radical (unpaired) electrons. The number of benzene rings is 1. The minimum atomic E-state index is -1.70. The Morgan fingerprint density at radius 1 is 1.21 bits per heavy atom. The fourth-order valence-corrected chi connectivity index (χ4v) is 5.42. The lowest BCUT2D eigenvalue weighted by Gasteiger charge is -2.55. The number of fused-ring (bicyclic) bond motifs is 5. The predicted octanol–water partition coefficient (Wildman–Crippen LogP) is 0.438. The van der Waals surface area contributed by atoms with Gasteiger partial charge in [0.25, 0.3) is 0 Å². The van der Waals surface area contributed by atoms with Gasteiger partial charge in [-0.3, -0.25) is 20.2 Å². The smallest absolute Gasteiger partial charge is 0.328 e. The van der Waals surface area contributed by atoms with Crippen LogP contribution in [-0.2, 0) is 20.7 Å². The van der Waals surface area contributed by atoms with Crippen LogP contribution in [0.3, 0.4) is 0 Å². The number of carbonyl (C=O) groups is 3. The SMILES string of the molecule is C[C@H]1CN2c3c(cc4c(-n5ccnn5)noc4c3F)CC3(C(=O)NC(=O)NC3=O)[C@@H]2[C@@H](C)O1. The Morgan fingerprint density at radius 2 is 1.97 bits per heavy atom. The Balaban J connectivity index is 1.61. The van der Waals surface area contributed by atoms with Crippen molar-refractivity contribution < 1.29 is 28.0 Å². The van der Waals surface area contributed by atoms with Gasteiger partial charge in [0.2, 0.25) is 23.2 Å². The summed E-state index contributed by atoms with van der Waals surface area (Å²) < 4.78 is 28.5. The normalized spacial score (nSPS) is 26.2. The monoisotopic (exact) mass is 455 g/mol. The summed E-state index contributed by atoms with van der Waals surface area (Å²) in [6, 6.07) is -0.0973. The molecule has 3 aliphatic rings. The van der Waals surface area contributed by atoms with E-state index in [0.717, 1.165) is 0 Å². The number of ether oxygens (including phenoxy) is 1. The number of nitrogens with one attached hydrogen (secondary N) is 2. The summed E-state index contributed by atoms with van der Waals surface area (Å²) in [5.74, 6) is -1.93. The number of imide groups is 2. The fourth-order valence-electron chi connectivity index (χ4n) is 5.42. The first kappa shape index (κ1) is 19.8. The molecule has 33 heavy (non-hydrogen) atoms. The second kappa shape index (κ2) is 6.57. The number of rotatable bonds is 1. The van der Waals surface area contributed by atoms with Crippen LogP contribution in [0.2, 0.25) is 0 Å². The molecule has 170 valence electrons. The molecule has 1 aromatic carbocycles. The van der Waals surface area contributed by atoms with E-state index in [1.54, 1.807) is 17.9 Å². The summed E-state index contributed by atoms with van der Waals surface area (Å²) >= 11 is 0. The third kappa shape index (κ3) is 2.53. The zero-order chi connectivity index (χ0) is 23.1. The van der Waals surface area contributed by atoms with Gasteiger partial charge in [-0.2, -0.15) is 4.68 Å². The largest absolute Gasteiger partial charge is 0.372 e. The number of anilines is 1. The molecule has 3 atom stereocenters. The molecule has 2 saturated heterocycles. The van der Waals surface area contributed by atoms with Gasteiger partial charge in [-0.25, -0.2) is 9.18 Å². The van der Waals surface area contributed by atoms with E-state index in [4.69, 9.17) is 9.26 Å². The summed E-state index contributed by atoms with van der Waals surface area (Å²) in [4.78, 5) is 39.9. The van der Waals surface area contributed by atoms with Crippen LogP contribution in [0.25, 0.3) is 16.8 Å². The van der Waals surface area contributed by atoms with Crippen molar-refractivity contribution >= 4 is 34.5 Å². The number of urea groups is 1. The van der Waals surface area contributed by atoms with Crippen molar-refractivity contribution in [3.05, 3.63) is 29.8 Å². The number of amides is 4. The number of carbonyl (C=O) groups excluding carboxylic acids is 3. The number of aromatic nitrogens is 4. The number of halogens is 1. The quantitative estimate of drug-likeness (QED) is 0.499. The van der Waals surface area contributed by atoms with E-state index in [-0.39, 0.29) is 36.2 Å². The second-order valence-electron chi connectivity index (χ2n) is 8.56. The molecule has 13 heteroatoms. The number of barbiturate groups is 1. The molecule has 2 N–H and O–H groups in total. The standard InChI is InChI=1S/C20H18FN7O5/c1-8-7-27-13-10(5-11-14(12(13)21)33-25-16(11)28-4-3-22-26-28)6-20(15(27)9(2)32-8)17(29)23-19(31)24-18(20)30/h3-5,8-9,15H,6-7H2,1-2H3,(H2,23,24,29,30,31)/t8-,9+,15-/m0/s1. The zero-order valence-corrected chi connectivity index (χ0v) is 17.5. The molecule has 2 fully saturated rings. The average Bonchev–Trinajstić information content (AvgIpc) is 3.41. The maximum atomic E-state index is 15.9. The Bertz CT molecular complexity index is 1320. The molecule has 4 amide bonds. The minimum Gasteiger partial charge on any atom is -0.372 e. The number of hydrogen-bond acceptors (Lipinski definition) is 9. The zero-order valence-electron chi connectivity index (χ0n) is 17.5. The highest BCUT2D eigenvalue weighted by molar-refractivity contribution is 6.20. The van der Waals surface area contributed by atoms with Crippen molar-refractivity contribution in [3.63, 3.8) is 0 Å². The highest BCUT2D eigenvalue weighted by atomic mass is 19.1. The first-order valence-corrected chi connectivity index (χ1v) is 10.4. The van der Waals surface area contributed by atoms with Crippen molar-refractivity contribution in [1.29, 1.82) is 0 Å². The van der Waals surface area contributed by atoms with Crippen molar-refractivity contribution in [2.24, 2.45) is 5.41 Å². The average molecular weight is 455 g/mol. The van der Waals surface area contributed by atoms with E-state index in [1.165, 1.54) is 17.1 Å². The Kier molecular flexibility index (Phi) is 3.94. The molecule has 2 aromatic heterocycles. The fraction of sp³-hybridized carbons (Fsp3) is 0.400. The molecule has 0 unspecified atom stereocenters. The lowest BCUT2D eigenvalue weighted by atomic mass is 9.66. The summed E-state index contributed by atoms with van der Waals surface area (Å²) in [7, 11) is 0. The summed E-state index contributed by atoms with van der Waals surface area (Å²) in [6.07, 6.45) is 1.92. The van der Waals surface area contributed by atoms with Gasteiger partial charge < -0.3 is 14.2 Å². The van der Waals surface area contributed by atoms with Crippen molar-refractivity contribution in [1.82, 2.24) is 30.8 Å². The Morgan fingerprint density at radius 3 is 2.67 bits per heavy atom. The lowest BCUT2D eigenvalue weighted by Crippen LogP contribution is -2.75. The van der Waals surface area contributed by atoms with Crippen LogP contribution in [0.15, 0.2) is 23.0 Å². The highest BCUT2D eigenvalue weighted by Gasteiger charge is 2.63. The first-order chi connectivity index (χ1) is 15.8. The van der Waals surface area contributed by atoms with Crippen LogP contribution in [0.5, 0.6) is 0 Å². The molecular formula is C20H18FN7O5. The molecular weight excluding hydrogens is 437 g/mol. The van der Waals surface area contributed by atoms with Crippen molar-refractivity contribution in [2.75, 3.05) is 11.4 Å². The second-order valence-corrected chi connectivity index (χ2v) is 8.56. The molecule has 3 aromatic rings. The molecule has 0 saturated carbocycles. The number of morpholine rings is 1. The van der Waals surface area contributed by atoms with Gasteiger partial charge in [0.1, 0.15) is 0 Å². The highest BCUT2D eigenvalue weighted by Crippen LogP contribution is 2.49. The van der Waals surface area contributed by atoms with Crippen molar-refractivity contribution in [2.45, 2.75) is 38.5 Å². The van der Waals surface area contributed by atoms with Crippen LogP contribution in [0.4, 0.5) is 14.9 Å². The van der Waals surface area contributed by atoms with E-state index in [9.17, 15) is 14.4 Å². The molecule has 0 bridgehead atoms. The third-order valence-corrected chi connectivity index (χ3v) is 6.59. The minimum absolute atomic E-state index is 0.0755. The molecule has 1 spiro atoms. The van der Waals surface area contributed by atoms with Crippen LogP contribution >= 0.6 is 0 Å². The molecule has 12 nitrogen and oxygen atoms in total. The summed E-state index contributed by atoms with van der Waals surface area (Å²) in [6.45, 7) is 3.78. The van der Waals surface area contributed by atoms with Gasteiger partial charge in [-0.05, 0) is 25.5 Å². The number of nitrogens with zero attached hydrogens (tertiary/aromatic N) is 5. The molecule has 0 aliphatic carbocycles. The van der Waals surface area contributed by atoms with Gasteiger partial charge in [-0.1, -0.05) is 10.4 Å². The summed E-state index contributed by atoms with van der Waals surface area (Å²) in [5.41, 5.74) is -1.15. The van der Waals surface area contributed by atoms with Gasteiger partial charge in [0, 0.05) is 13.0 Å². The summed E-state index contributed by atoms with van der Waals surface area (Å²) in [5, 5.41) is 16.3. The van der Waals surface area contributed by atoms with Crippen LogP contribution in [-0.4, -0.2) is 62.8 Å². The Hall–Kier alpha value is -3.87. The van der Waals surface area contributed by atoms with E-state index in [2.05, 4.69) is 26.1 Å². The van der Waals surface area contributed by atoms with E-state index >= 15 is 4.39 Å². The number of hydrogen-bond donors (Lipinski definition) is 2. The Labute approximate surface area is 185 Å². The van der Waals surface area contributed by atoms with E-state index in [0.29, 0.717) is 10.9 Å². The topological polar surface area (TPSA) is 144 Å². The van der Waals surface area contributed by atoms with Crippen LogP contribution < -0.4 is 15.5 Å². The maximum Gasteiger partial charge on any atom is 0.328 e. The molecule has 6 rings (SSSR count). The lowest BCUT2D eigenvalue weighted by molar-refractivity contribution is -0.153. The van der Waals surface area contributed by atoms with E-state index in [1.807, 2.05) is 6.92 Å². The molecule has 3 aliphatic heterocycles. The van der Waals surface area contributed by atoms with Gasteiger partial charge >= 0.3 is 6.03 Å². The van der Waals surface area contributed by atoms with Gasteiger partial charge in [0.15, 0.2) is 11.2 Å². The van der Waals surface area contributed by atoms with E-state index < -0.39 is 41.2 Å². The predicted molar refractivity (Wildman–Crippen MR) is 108 cm³/mol.